The van der Waals surface area contributed by atoms with Crippen molar-refractivity contribution in [2.45, 2.75) is 12.3 Å². The Labute approximate surface area is 95.0 Å². The molecule has 0 N–H and O–H groups in total. The molecule has 0 amide bonds. The summed E-state index contributed by atoms with van der Waals surface area (Å²) >= 11 is 6.08. The fourth-order valence-corrected chi connectivity index (χ4v) is 2.01. The molecule has 0 saturated heterocycles. The zero-order chi connectivity index (χ0) is 10.7. The molecule has 1 aliphatic carbocycles. The molecule has 0 aromatic heterocycles. The third kappa shape index (κ3) is 2.24. The fraction of sp³-hybridized carbons (Fsp3) is 0.231. The minimum absolute atomic E-state index is 0.443. The maximum absolute atomic E-state index is 6.08. The highest BCUT2D eigenvalue weighted by Crippen LogP contribution is 2.31. The number of hydrogen-bond donors (Lipinski definition) is 0. The second-order valence-electron chi connectivity index (χ2n) is 3.55. The van der Waals surface area contributed by atoms with E-state index in [0.29, 0.717) is 10.9 Å². The average molecular weight is 221 g/mol. The molecule has 0 heterocycles. The van der Waals surface area contributed by atoms with E-state index in [2.05, 4.69) is 30.4 Å². The van der Waals surface area contributed by atoms with Crippen LogP contribution in [0.2, 0.25) is 5.02 Å². The van der Waals surface area contributed by atoms with Crippen LogP contribution in [0.25, 0.3) is 0 Å². The number of ether oxygens (including phenoxy) is 1. The Bertz CT molecular complexity index is 407. The summed E-state index contributed by atoms with van der Waals surface area (Å²) in [5, 5.41) is 0.679. The predicted octanol–water partition coefficient (Wildman–Crippen LogP) is 3.95. The maximum Gasteiger partial charge on any atom is 0.137 e. The third-order valence-corrected chi connectivity index (χ3v) is 2.88. The van der Waals surface area contributed by atoms with E-state index >= 15 is 0 Å². The molecule has 1 nitrogen and oxygen atoms in total. The number of benzene rings is 1. The summed E-state index contributed by atoms with van der Waals surface area (Å²) in [5.74, 6) is 1.18. The molecular formula is C13H13ClO. The molecule has 0 bridgehead atoms. The van der Waals surface area contributed by atoms with Gasteiger partial charge in [0.2, 0.25) is 0 Å². The molecule has 1 atom stereocenters. The standard InChI is InChI=1S/C13H13ClO/c1-15-13-8-7-11(9-12(13)14)10-5-3-2-4-6-10/h2-5,7-10H,6H2,1H3. The molecule has 0 saturated carbocycles. The van der Waals surface area contributed by atoms with Crippen LogP contribution in [0.3, 0.4) is 0 Å². The van der Waals surface area contributed by atoms with Crippen LogP contribution in [0.15, 0.2) is 42.5 Å². The first-order chi connectivity index (χ1) is 7.31. The fourth-order valence-electron chi connectivity index (χ4n) is 1.74. The second-order valence-corrected chi connectivity index (χ2v) is 3.96. The Morgan fingerprint density at radius 1 is 1.33 bits per heavy atom. The molecule has 1 unspecified atom stereocenters. The summed E-state index contributed by atoms with van der Waals surface area (Å²) in [6.07, 6.45) is 9.55. The highest BCUT2D eigenvalue weighted by Gasteiger charge is 2.10. The van der Waals surface area contributed by atoms with Gasteiger partial charge in [0.1, 0.15) is 5.75 Å². The van der Waals surface area contributed by atoms with Gasteiger partial charge in [0, 0.05) is 5.92 Å². The van der Waals surface area contributed by atoms with E-state index in [0.717, 1.165) is 12.2 Å². The van der Waals surface area contributed by atoms with Crippen molar-refractivity contribution in [3.05, 3.63) is 53.1 Å². The number of allylic oxidation sites excluding steroid dienone is 4. The van der Waals surface area contributed by atoms with Crippen molar-refractivity contribution in [1.82, 2.24) is 0 Å². The van der Waals surface area contributed by atoms with Gasteiger partial charge in [-0.1, -0.05) is 42.0 Å². The van der Waals surface area contributed by atoms with Crippen molar-refractivity contribution >= 4 is 11.6 Å². The van der Waals surface area contributed by atoms with Gasteiger partial charge in [-0.3, -0.25) is 0 Å². The van der Waals surface area contributed by atoms with Gasteiger partial charge >= 0.3 is 0 Å². The van der Waals surface area contributed by atoms with Gasteiger partial charge in [-0.2, -0.15) is 0 Å². The lowest BCUT2D eigenvalue weighted by Crippen LogP contribution is -1.96. The van der Waals surface area contributed by atoms with E-state index in [1.807, 2.05) is 12.1 Å². The Kier molecular flexibility index (Phi) is 3.12. The number of rotatable bonds is 2. The Hall–Kier alpha value is -1.21. The van der Waals surface area contributed by atoms with Crippen molar-refractivity contribution in [1.29, 1.82) is 0 Å². The molecule has 0 spiro atoms. The Balaban J connectivity index is 2.26. The van der Waals surface area contributed by atoms with Gasteiger partial charge in [-0.15, -0.1) is 0 Å². The largest absolute Gasteiger partial charge is 0.495 e. The van der Waals surface area contributed by atoms with Crippen molar-refractivity contribution in [2.24, 2.45) is 0 Å². The summed E-state index contributed by atoms with van der Waals surface area (Å²) in [7, 11) is 1.63. The summed E-state index contributed by atoms with van der Waals surface area (Å²) in [4.78, 5) is 0. The first-order valence-electron chi connectivity index (χ1n) is 4.98. The minimum atomic E-state index is 0.443. The lowest BCUT2D eigenvalue weighted by molar-refractivity contribution is 0.415. The average Bonchev–Trinajstić information content (AvgIpc) is 2.30. The molecular weight excluding hydrogens is 208 g/mol. The highest BCUT2D eigenvalue weighted by atomic mass is 35.5. The third-order valence-electron chi connectivity index (χ3n) is 2.58. The summed E-state index contributed by atoms with van der Waals surface area (Å²) in [6, 6.07) is 5.97. The molecule has 15 heavy (non-hydrogen) atoms. The van der Waals surface area contributed by atoms with Crippen LogP contribution in [0, 0.1) is 0 Å². The van der Waals surface area contributed by atoms with E-state index in [9.17, 15) is 0 Å². The van der Waals surface area contributed by atoms with Gasteiger partial charge in [0.25, 0.3) is 0 Å². The van der Waals surface area contributed by atoms with E-state index in [1.54, 1.807) is 7.11 Å². The van der Waals surface area contributed by atoms with Crippen LogP contribution in [0.5, 0.6) is 5.75 Å². The van der Waals surface area contributed by atoms with Crippen molar-refractivity contribution in [2.75, 3.05) is 7.11 Å². The van der Waals surface area contributed by atoms with Gasteiger partial charge < -0.3 is 4.74 Å². The van der Waals surface area contributed by atoms with Crippen molar-refractivity contribution in [3.63, 3.8) is 0 Å². The zero-order valence-electron chi connectivity index (χ0n) is 8.61. The minimum Gasteiger partial charge on any atom is -0.495 e. The molecule has 0 radical (unpaired) electrons. The molecule has 2 rings (SSSR count). The second kappa shape index (κ2) is 4.54. The highest BCUT2D eigenvalue weighted by molar-refractivity contribution is 6.32. The summed E-state index contributed by atoms with van der Waals surface area (Å²) in [6.45, 7) is 0. The smallest absolute Gasteiger partial charge is 0.137 e. The van der Waals surface area contributed by atoms with Crippen LogP contribution in [0.1, 0.15) is 17.9 Å². The number of halogens is 1. The summed E-state index contributed by atoms with van der Waals surface area (Å²) in [5.41, 5.74) is 1.24. The lowest BCUT2D eigenvalue weighted by atomic mass is 9.93. The van der Waals surface area contributed by atoms with Gasteiger partial charge in [-0.05, 0) is 24.1 Å². The maximum atomic E-state index is 6.08. The normalized spacial score (nSPS) is 19.2. The monoisotopic (exact) mass is 220 g/mol. The van der Waals surface area contributed by atoms with Crippen LogP contribution in [-0.2, 0) is 0 Å². The van der Waals surface area contributed by atoms with Crippen molar-refractivity contribution in [3.8, 4) is 5.75 Å². The van der Waals surface area contributed by atoms with Crippen LogP contribution in [0.4, 0.5) is 0 Å². The Morgan fingerprint density at radius 3 is 2.80 bits per heavy atom. The van der Waals surface area contributed by atoms with E-state index < -0.39 is 0 Å². The van der Waals surface area contributed by atoms with E-state index in [-0.39, 0.29) is 0 Å². The molecule has 78 valence electrons. The lowest BCUT2D eigenvalue weighted by Gasteiger charge is -2.14. The van der Waals surface area contributed by atoms with Gasteiger partial charge in [-0.25, -0.2) is 0 Å². The molecule has 1 aromatic carbocycles. The summed E-state index contributed by atoms with van der Waals surface area (Å²) < 4.78 is 5.12. The molecule has 1 aromatic rings. The quantitative estimate of drug-likeness (QED) is 0.734. The SMILES string of the molecule is COc1ccc(C2C=CC=CC2)cc1Cl. The zero-order valence-corrected chi connectivity index (χ0v) is 9.37. The van der Waals surface area contributed by atoms with Crippen LogP contribution < -0.4 is 4.74 Å². The Morgan fingerprint density at radius 2 is 2.20 bits per heavy atom. The predicted molar refractivity (Wildman–Crippen MR) is 63.6 cm³/mol. The molecule has 0 fully saturated rings. The molecule has 0 aliphatic heterocycles. The van der Waals surface area contributed by atoms with Crippen molar-refractivity contribution < 1.29 is 4.74 Å². The first kappa shape index (κ1) is 10.3. The molecule has 1 aliphatic rings. The van der Waals surface area contributed by atoms with Gasteiger partial charge in [0.15, 0.2) is 0 Å². The first-order valence-corrected chi connectivity index (χ1v) is 5.36. The topological polar surface area (TPSA) is 9.23 Å². The number of hydrogen-bond acceptors (Lipinski definition) is 1. The van der Waals surface area contributed by atoms with E-state index in [4.69, 9.17) is 16.3 Å². The number of methoxy groups -OCH3 is 1. The van der Waals surface area contributed by atoms with Crippen LogP contribution >= 0.6 is 11.6 Å². The molecule has 2 heteroatoms. The van der Waals surface area contributed by atoms with Crippen LogP contribution in [-0.4, -0.2) is 7.11 Å². The van der Waals surface area contributed by atoms with E-state index in [1.165, 1.54) is 5.56 Å². The van der Waals surface area contributed by atoms with Gasteiger partial charge in [0.05, 0.1) is 12.1 Å².